The van der Waals surface area contributed by atoms with E-state index >= 15 is 0 Å². The van der Waals surface area contributed by atoms with Gasteiger partial charge in [-0.1, -0.05) is 30.3 Å². The third-order valence-corrected chi connectivity index (χ3v) is 3.61. The van der Waals surface area contributed by atoms with Gasteiger partial charge in [0.1, 0.15) is 11.5 Å². The summed E-state index contributed by atoms with van der Waals surface area (Å²) >= 11 is 0. The second-order valence-electron chi connectivity index (χ2n) is 5.64. The van der Waals surface area contributed by atoms with Crippen molar-refractivity contribution in [3.63, 3.8) is 0 Å². The minimum absolute atomic E-state index is 0.0486. The van der Waals surface area contributed by atoms with E-state index in [9.17, 15) is 15.0 Å². The summed E-state index contributed by atoms with van der Waals surface area (Å²) in [6, 6.07) is 13.8. The SMILES string of the molecule is COCCNC(Cc1ccccc1)OC(=O)C=Cc1ccc(O)cc1O. The first kappa shape index (κ1) is 19.5. The van der Waals surface area contributed by atoms with Gasteiger partial charge in [0, 0.05) is 37.8 Å². The molecule has 0 radical (unpaired) electrons. The number of carbonyl (C=O) groups excluding carboxylic acids is 1. The highest BCUT2D eigenvalue weighted by Crippen LogP contribution is 2.23. The van der Waals surface area contributed by atoms with E-state index in [-0.39, 0.29) is 11.5 Å². The van der Waals surface area contributed by atoms with Crippen LogP contribution in [-0.2, 0) is 20.7 Å². The minimum atomic E-state index is -0.539. The molecule has 0 aliphatic heterocycles. The summed E-state index contributed by atoms with van der Waals surface area (Å²) in [4.78, 5) is 12.1. The molecule has 138 valence electrons. The Labute approximate surface area is 152 Å². The molecule has 0 aromatic heterocycles. The zero-order valence-corrected chi connectivity index (χ0v) is 14.6. The van der Waals surface area contributed by atoms with Crippen molar-refractivity contribution in [2.24, 2.45) is 0 Å². The Morgan fingerprint density at radius 2 is 1.96 bits per heavy atom. The van der Waals surface area contributed by atoms with Crippen LogP contribution in [0.2, 0.25) is 0 Å². The molecule has 0 heterocycles. The summed E-state index contributed by atoms with van der Waals surface area (Å²) in [5.74, 6) is -0.705. The molecule has 26 heavy (non-hydrogen) atoms. The molecule has 2 aromatic rings. The lowest BCUT2D eigenvalue weighted by Crippen LogP contribution is -2.37. The second-order valence-corrected chi connectivity index (χ2v) is 5.64. The molecule has 3 N–H and O–H groups in total. The highest BCUT2D eigenvalue weighted by Gasteiger charge is 2.13. The highest BCUT2D eigenvalue weighted by atomic mass is 16.6. The second kappa shape index (κ2) is 10.2. The predicted molar refractivity (Wildman–Crippen MR) is 98.7 cm³/mol. The smallest absolute Gasteiger partial charge is 0.332 e. The summed E-state index contributed by atoms with van der Waals surface area (Å²) < 4.78 is 10.5. The van der Waals surface area contributed by atoms with Gasteiger partial charge in [-0.05, 0) is 23.8 Å². The van der Waals surface area contributed by atoms with Crippen LogP contribution in [0.1, 0.15) is 11.1 Å². The van der Waals surface area contributed by atoms with Crippen LogP contribution >= 0.6 is 0 Å². The molecule has 0 fully saturated rings. The lowest BCUT2D eigenvalue weighted by molar-refractivity contribution is -0.144. The normalized spacial score (nSPS) is 12.2. The van der Waals surface area contributed by atoms with E-state index in [1.54, 1.807) is 7.11 Å². The molecule has 2 aromatic carbocycles. The largest absolute Gasteiger partial charge is 0.508 e. The lowest BCUT2D eigenvalue weighted by atomic mass is 10.1. The molecule has 2 rings (SSSR count). The molecule has 0 saturated carbocycles. The Morgan fingerprint density at radius 1 is 1.19 bits per heavy atom. The van der Waals surface area contributed by atoms with E-state index < -0.39 is 12.2 Å². The third kappa shape index (κ3) is 6.58. The molecule has 6 heteroatoms. The fourth-order valence-electron chi connectivity index (χ4n) is 2.32. The van der Waals surface area contributed by atoms with Crippen LogP contribution in [0.3, 0.4) is 0 Å². The Bertz CT molecular complexity index is 730. The first-order valence-electron chi connectivity index (χ1n) is 8.25. The van der Waals surface area contributed by atoms with Crippen molar-refractivity contribution in [2.45, 2.75) is 12.6 Å². The molecule has 0 saturated heterocycles. The summed E-state index contributed by atoms with van der Waals surface area (Å²) in [5.41, 5.74) is 1.45. The predicted octanol–water partition coefficient (Wildman–Crippen LogP) is 2.46. The number of nitrogens with one attached hydrogen (secondary N) is 1. The summed E-state index contributed by atoms with van der Waals surface area (Å²) in [7, 11) is 1.60. The molecule has 0 aliphatic carbocycles. The number of aromatic hydroxyl groups is 2. The Hall–Kier alpha value is -2.83. The van der Waals surface area contributed by atoms with Gasteiger partial charge in [-0.25, -0.2) is 4.79 Å². The molecule has 0 bridgehead atoms. The molecule has 0 aliphatic rings. The van der Waals surface area contributed by atoms with Crippen molar-refractivity contribution >= 4 is 12.0 Å². The first-order chi connectivity index (χ1) is 12.6. The molecule has 0 amide bonds. The monoisotopic (exact) mass is 357 g/mol. The van der Waals surface area contributed by atoms with E-state index in [1.807, 2.05) is 30.3 Å². The number of hydrogen-bond donors (Lipinski definition) is 3. The van der Waals surface area contributed by atoms with Gasteiger partial charge in [-0.2, -0.15) is 0 Å². The highest BCUT2D eigenvalue weighted by molar-refractivity contribution is 5.87. The van der Waals surface area contributed by atoms with Crippen LogP contribution in [0, 0.1) is 0 Å². The van der Waals surface area contributed by atoms with Crippen LogP contribution in [0.25, 0.3) is 6.08 Å². The van der Waals surface area contributed by atoms with Gasteiger partial charge < -0.3 is 19.7 Å². The zero-order chi connectivity index (χ0) is 18.8. The van der Waals surface area contributed by atoms with Gasteiger partial charge in [0.15, 0.2) is 6.23 Å². The molecule has 1 unspecified atom stereocenters. The molecular formula is C20H23NO5. The van der Waals surface area contributed by atoms with E-state index in [2.05, 4.69) is 5.32 Å². The minimum Gasteiger partial charge on any atom is -0.508 e. The standard InChI is InChI=1S/C20H23NO5/c1-25-12-11-21-19(13-15-5-3-2-4-6-15)26-20(24)10-8-16-7-9-17(22)14-18(16)23/h2-10,14,19,21-23H,11-13H2,1H3. The van der Waals surface area contributed by atoms with E-state index in [1.165, 1.54) is 30.4 Å². The fourth-order valence-corrected chi connectivity index (χ4v) is 2.32. The van der Waals surface area contributed by atoms with Gasteiger partial charge in [0.2, 0.25) is 0 Å². The summed E-state index contributed by atoms with van der Waals surface area (Å²) in [5, 5.41) is 22.1. The fraction of sp³-hybridized carbons (Fsp3) is 0.250. The molecule has 1 atom stereocenters. The Balaban J connectivity index is 1.98. The van der Waals surface area contributed by atoms with Crippen LogP contribution in [0.5, 0.6) is 11.5 Å². The number of phenols is 2. The maximum Gasteiger partial charge on any atom is 0.332 e. The average molecular weight is 357 g/mol. The van der Waals surface area contributed by atoms with Gasteiger partial charge in [0.05, 0.1) is 6.61 Å². The van der Waals surface area contributed by atoms with Crippen molar-refractivity contribution in [3.8, 4) is 11.5 Å². The van der Waals surface area contributed by atoms with Crippen molar-refractivity contribution in [2.75, 3.05) is 20.3 Å². The maximum atomic E-state index is 12.1. The zero-order valence-electron chi connectivity index (χ0n) is 14.6. The number of rotatable bonds is 9. The Morgan fingerprint density at radius 3 is 2.65 bits per heavy atom. The first-order valence-corrected chi connectivity index (χ1v) is 8.25. The third-order valence-electron chi connectivity index (χ3n) is 3.61. The average Bonchev–Trinajstić information content (AvgIpc) is 2.62. The molecule has 6 nitrogen and oxygen atoms in total. The van der Waals surface area contributed by atoms with Crippen molar-refractivity contribution in [3.05, 3.63) is 65.7 Å². The summed E-state index contributed by atoms with van der Waals surface area (Å²) in [6.07, 6.45) is 2.70. The number of esters is 1. The quantitative estimate of drug-likeness (QED) is 0.277. The van der Waals surface area contributed by atoms with Crippen molar-refractivity contribution < 1.29 is 24.5 Å². The van der Waals surface area contributed by atoms with E-state index in [0.29, 0.717) is 25.1 Å². The van der Waals surface area contributed by atoms with Crippen LogP contribution in [0.4, 0.5) is 0 Å². The van der Waals surface area contributed by atoms with Gasteiger partial charge in [-0.15, -0.1) is 0 Å². The van der Waals surface area contributed by atoms with E-state index in [4.69, 9.17) is 9.47 Å². The Kier molecular flexibility index (Phi) is 7.67. The summed E-state index contributed by atoms with van der Waals surface area (Å²) in [6.45, 7) is 1.05. The van der Waals surface area contributed by atoms with Gasteiger partial charge in [-0.3, -0.25) is 5.32 Å². The number of carbonyl (C=O) groups is 1. The van der Waals surface area contributed by atoms with Crippen LogP contribution < -0.4 is 5.32 Å². The number of ether oxygens (including phenoxy) is 2. The van der Waals surface area contributed by atoms with Crippen molar-refractivity contribution in [1.82, 2.24) is 5.32 Å². The van der Waals surface area contributed by atoms with Gasteiger partial charge >= 0.3 is 5.97 Å². The molecule has 0 spiro atoms. The lowest BCUT2D eigenvalue weighted by Gasteiger charge is -2.18. The van der Waals surface area contributed by atoms with Crippen molar-refractivity contribution in [1.29, 1.82) is 0 Å². The number of phenolic OH excluding ortho intramolecular Hbond substituents is 2. The topological polar surface area (TPSA) is 88.0 Å². The maximum absolute atomic E-state index is 12.1. The van der Waals surface area contributed by atoms with E-state index in [0.717, 1.165) is 5.56 Å². The van der Waals surface area contributed by atoms with Gasteiger partial charge in [0.25, 0.3) is 0 Å². The number of hydrogen-bond acceptors (Lipinski definition) is 6. The molecular weight excluding hydrogens is 334 g/mol. The van der Waals surface area contributed by atoms with Crippen LogP contribution in [-0.4, -0.2) is 42.7 Å². The number of benzene rings is 2. The number of methoxy groups -OCH3 is 1. The van der Waals surface area contributed by atoms with Crippen LogP contribution in [0.15, 0.2) is 54.6 Å².